The lowest BCUT2D eigenvalue weighted by molar-refractivity contribution is 0.170. The van der Waals surface area contributed by atoms with Crippen molar-refractivity contribution >= 4 is 0 Å². The van der Waals surface area contributed by atoms with Crippen molar-refractivity contribution in [2.75, 3.05) is 0 Å². The van der Waals surface area contributed by atoms with Crippen LogP contribution in [-0.2, 0) is 5.41 Å². The Hall–Kier alpha value is -0.960. The lowest BCUT2D eigenvalue weighted by Gasteiger charge is -2.22. The molecular formula is C12H18N2O. The fraction of sp³-hybridized carbons (Fsp3) is 0.667. The SMILES string of the molecule is CC1CC(O)c2ncnc(C(C)(C)C)c21. The molecule has 82 valence electrons. The maximum Gasteiger partial charge on any atom is 0.116 e. The van der Waals surface area contributed by atoms with E-state index in [1.54, 1.807) is 6.33 Å². The minimum atomic E-state index is -0.404. The van der Waals surface area contributed by atoms with E-state index >= 15 is 0 Å². The van der Waals surface area contributed by atoms with Gasteiger partial charge in [-0.3, -0.25) is 0 Å². The molecule has 1 aromatic heterocycles. The number of rotatable bonds is 0. The number of hydrogen-bond donors (Lipinski definition) is 1. The molecule has 1 heterocycles. The van der Waals surface area contributed by atoms with Gasteiger partial charge in [0.1, 0.15) is 6.33 Å². The van der Waals surface area contributed by atoms with Crippen LogP contribution in [0.5, 0.6) is 0 Å². The Morgan fingerprint density at radius 1 is 1.33 bits per heavy atom. The number of aliphatic hydroxyl groups is 1. The molecule has 0 aromatic carbocycles. The van der Waals surface area contributed by atoms with Gasteiger partial charge in [0.05, 0.1) is 17.5 Å². The largest absolute Gasteiger partial charge is 0.387 e. The van der Waals surface area contributed by atoms with E-state index in [1.165, 1.54) is 0 Å². The molecule has 1 aromatic rings. The lowest BCUT2D eigenvalue weighted by Crippen LogP contribution is -2.18. The number of nitrogens with zero attached hydrogens (tertiary/aromatic N) is 2. The fourth-order valence-electron chi connectivity index (χ4n) is 2.32. The third-order valence-corrected chi connectivity index (χ3v) is 3.01. The van der Waals surface area contributed by atoms with Gasteiger partial charge in [-0.25, -0.2) is 9.97 Å². The Morgan fingerprint density at radius 3 is 2.60 bits per heavy atom. The molecule has 0 spiro atoms. The van der Waals surface area contributed by atoms with Crippen molar-refractivity contribution in [2.45, 2.75) is 51.6 Å². The zero-order chi connectivity index (χ0) is 11.2. The summed E-state index contributed by atoms with van der Waals surface area (Å²) in [6.07, 6.45) is 1.94. The van der Waals surface area contributed by atoms with Gasteiger partial charge in [0, 0.05) is 11.0 Å². The maximum atomic E-state index is 9.85. The average molecular weight is 206 g/mol. The summed E-state index contributed by atoms with van der Waals surface area (Å²) in [6, 6.07) is 0. The third kappa shape index (κ3) is 1.65. The van der Waals surface area contributed by atoms with E-state index < -0.39 is 6.10 Å². The first-order chi connectivity index (χ1) is 6.91. The van der Waals surface area contributed by atoms with Gasteiger partial charge in [0.25, 0.3) is 0 Å². The van der Waals surface area contributed by atoms with E-state index in [1.807, 2.05) is 0 Å². The quantitative estimate of drug-likeness (QED) is 0.708. The summed E-state index contributed by atoms with van der Waals surface area (Å²) >= 11 is 0. The first-order valence-corrected chi connectivity index (χ1v) is 5.44. The van der Waals surface area contributed by atoms with Crippen LogP contribution in [0.4, 0.5) is 0 Å². The summed E-state index contributed by atoms with van der Waals surface area (Å²) in [4.78, 5) is 8.59. The first kappa shape index (κ1) is 10.6. The second kappa shape index (κ2) is 3.27. The molecule has 0 fully saturated rings. The standard InChI is InChI=1S/C12H18N2O/c1-7-5-8(15)10-9(7)11(12(2,3)4)14-6-13-10/h6-8,15H,5H2,1-4H3. The highest BCUT2D eigenvalue weighted by Gasteiger charge is 2.34. The Bertz CT molecular complexity index is 382. The molecule has 0 amide bonds. The molecule has 1 aliphatic carbocycles. The molecule has 3 nitrogen and oxygen atoms in total. The van der Waals surface area contributed by atoms with E-state index in [0.29, 0.717) is 5.92 Å². The molecule has 1 N–H and O–H groups in total. The first-order valence-electron chi connectivity index (χ1n) is 5.44. The van der Waals surface area contributed by atoms with Crippen LogP contribution >= 0.6 is 0 Å². The molecule has 15 heavy (non-hydrogen) atoms. The molecule has 2 atom stereocenters. The van der Waals surface area contributed by atoms with Gasteiger partial charge in [-0.05, 0) is 12.3 Å². The monoisotopic (exact) mass is 206 g/mol. The summed E-state index contributed by atoms with van der Waals surface area (Å²) in [6.45, 7) is 8.57. The van der Waals surface area contributed by atoms with Gasteiger partial charge < -0.3 is 5.11 Å². The van der Waals surface area contributed by atoms with Crippen molar-refractivity contribution in [1.82, 2.24) is 9.97 Å². The second-order valence-corrected chi connectivity index (χ2v) is 5.42. The second-order valence-electron chi connectivity index (χ2n) is 5.42. The molecule has 0 saturated carbocycles. The van der Waals surface area contributed by atoms with Crippen LogP contribution < -0.4 is 0 Å². The lowest BCUT2D eigenvalue weighted by atomic mass is 9.86. The normalized spacial score (nSPS) is 25.4. The Kier molecular flexibility index (Phi) is 2.30. The predicted octanol–water partition coefficient (Wildman–Crippen LogP) is 2.31. The van der Waals surface area contributed by atoms with Gasteiger partial charge in [-0.1, -0.05) is 27.7 Å². The van der Waals surface area contributed by atoms with E-state index in [0.717, 1.165) is 23.4 Å². The minimum Gasteiger partial charge on any atom is -0.387 e. The van der Waals surface area contributed by atoms with Gasteiger partial charge in [-0.2, -0.15) is 0 Å². The fourth-order valence-corrected chi connectivity index (χ4v) is 2.32. The summed E-state index contributed by atoms with van der Waals surface area (Å²) in [5.74, 6) is 0.366. The van der Waals surface area contributed by atoms with Crippen LogP contribution in [0.2, 0.25) is 0 Å². The van der Waals surface area contributed by atoms with Crippen molar-refractivity contribution in [3.8, 4) is 0 Å². The van der Waals surface area contributed by atoms with E-state index in [9.17, 15) is 5.11 Å². The van der Waals surface area contributed by atoms with Crippen molar-refractivity contribution in [3.63, 3.8) is 0 Å². The molecular weight excluding hydrogens is 188 g/mol. The highest BCUT2D eigenvalue weighted by Crippen LogP contribution is 2.42. The Morgan fingerprint density at radius 2 is 2.00 bits per heavy atom. The zero-order valence-electron chi connectivity index (χ0n) is 9.78. The Labute approximate surface area is 90.6 Å². The van der Waals surface area contributed by atoms with Crippen molar-refractivity contribution in [2.24, 2.45) is 0 Å². The minimum absolute atomic E-state index is 0.0192. The van der Waals surface area contributed by atoms with E-state index in [2.05, 4.69) is 37.7 Å². The number of aliphatic hydroxyl groups excluding tert-OH is 1. The van der Waals surface area contributed by atoms with Gasteiger partial charge in [0.2, 0.25) is 0 Å². The summed E-state index contributed by atoms with van der Waals surface area (Å²) < 4.78 is 0. The van der Waals surface area contributed by atoms with Crippen LogP contribution in [0.3, 0.4) is 0 Å². The number of aromatic nitrogens is 2. The highest BCUT2D eigenvalue weighted by molar-refractivity contribution is 5.37. The number of fused-ring (bicyclic) bond motifs is 1. The van der Waals surface area contributed by atoms with Crippen molar-refractivity contribution in [3.05, 3.63) is 23.3 Å². The molecule has 0 aliphatic heterocycles. The van der Waals surface area contributed by atoms with Crippen LogP contribution in [0, 0.1) is 0 Å². The van der Waals surface area contributed by atoms with Crippen molar-refractivity contribution in [1.29, 1.82) is 0 Å². The molecule has 0 bridgehead atoms. The number of hydrogen-bond acceptors (Lipinski definition) is 3. The summed E-state index contributed by atoms with van der Waals surface area (Å²) in [7, 11) is 0. The van der Waals surface area contributed by atoms with Crippen molar-refractivity contribution < 1.29 is 5.11 Å². The van der Waals surface area contributed by atoms with Gasteiger partial charge in [0.15, 0.2) is 0 Å². The van der Waals surface area contributed by atoms with Gasteiger partial charge in [-0.15, -0.1) is 0 Å². The predicted molar refractivity (Wildman–Crippen MR) is 58.7 cm³/mol. The van der Waals surface area contributed by atoms with Gasteiger partial charge >= 0.3 is 0 Å². The Balaban J connectivity index is 2.61. The molecule has 2 unspecified atom stereocenters. The molecule has 0 radical (unpaired) electrons. The summed E-state index contributed by atoms with van der Waals surface area (Å²) in [5, 5.41) is 9.85. The van der Waals surface area contributed by atoms with Crippen LogP contribution in [-0.4, -0.2) is 15.1 Å². The molecule has 0 saturated heterocycles. The summed E-state index contributed by atoms with van der Waals surface area (Å²) in [5.41, 5.74) is 3.10. The van der Waals surface area contributed by atoms with Crippen LogP contribution in [0.25, 0.3) is 0 Å². The molecule has 3 heteroatoms. The molecule has 2 rings (SSSR count). The van der Waals surface area contributed by atoms with Crippen LogP contribution in [0.1, 0.15) is 63.1 Å². The average Bonchev–Trinajstić information content (AvgIpc) is 2.41. The third-order valence-electron chi connectivity index (χ3n) is 3.01. The topological polar surface area (TPSA) is 46.0 Å². The maximum absolute atomic E-state index is 9.85. The smallest absolute Gasteiger partial charge is 0.116 e. The van der Waals surface area contributed by atoms with E-state index in [-0.39, 0.29) is 5.41 Å². The van der Waals surface area contributed by atoms with Crippen LogP contribution in [0.15, 0.2) is 6.33 Å². The molecule has 1 aliphatic rings. The highest BCUT2D eigenvalue weighted by atomic mass is 16.3. The van der Waals surface area contributed by atoms with E-state index in [4.69, 9.17) is 0 Å². The zero-order valence-corrected chi connectivity index (χ0v) is 9.78.